The summed E-state index contributed by atoms with van der Waals surface area (Å²) in [6, 6.07) is 12.2. The minimum atomic E-state index is -0.380. The van der Waals surface area contributed by atoms with Crippen molar-refractivity contribution in [2.45, 2.75) is 6.92 Å². The van der Waals surface area contributed by atoms with Gasteiger partial charge in [-0.3, -0.25) is 24.8 Å². The molecule has 2 heterocycles. The number of hydrogen-bond donors (Lipinski definition) is 3. The Bertz CT molecular complexity index is 925. The van der Waals surface area contributed by atoms with Gasteiger partial charge in [-0.15, -0.1) is 5.11 Å². The van der Waals surface area contributed by atoms with Crippen LogP contribution in [-0.2, 0) is 4.79 Å². The SMILES string of the molecule is CC(=O)Nc1ccc(N=Nc2c(-c3ccccn3)[nH][nH]c2=O)cc1. The number of H-pyrrole nitrogens is 2. The third kappa shape index (κ3) is 3.43. The predicted molar refractivity (Wildman–Crippen MR) is 89.6 cm³/mol. The maximum Gasteiger partial charge on any atom is 0.292 e. The first-order valence-electron chi connectivity index (χ1n) is 7.15. The molecular formula is C16H14N6O2. The molecule has 8 nitrogen and oxygen atoms in total. The Balaban J connectivity index is 1.86. The van der Waals surface area contributed by atoms with Gasteiger partial charge < -0.3 is 5.32 Å². The van der Waals surface area contributed by atoms with Crippen LogP contribution in [0.5, 0.6) is 0 Å². The Morgan fingerprint density at radius 2 is 1.88 bits per heavy atom. The lowest BCUT2D eigenvalue weighted by atomic mass is 10.2. The largest absolute Gasteiger partial charge is 0.326 e. The van der Waals surface area contributed by atoms with Crippen LogP contribution in [-0.4, -0.2) is 21.1 Å². The summed E-state index contributed by atoms with van der Waals surface area (Å²) < 4.78 is 0. The summed E-state index contributed by atoms with van der Waals surface area (Å²) in [6.45, 7) is 1.44. The molecule has 0 fully saturated rings. The highest BCUT2D eigenvalue weighted by molar-refractivity contribution is 5.88. The van der Waals surface area contributed by atoms with Gasteiger partial charge in [-0.25, -0.2) is 0 Å². The molecule has 0 saturated heterocycles. The second-order valence-corrected chi connectivity index (χ2v) is 4.95. The van der Waals surface area contributed by atoms with Crippen molar-refractivity contribution in [2.24, 2.45) is 10.2 Å². The number of anilines is 1. The fraction of sp³-hybridized carbons (Fsp3) is 0.0625. The molecule has 0 atom stereocenters. The van der Waals surface area contributed by atoms with Gasteiger partial charge in [0.25, 0.3) is 5.56 Å². The number of nitrogens with zero attached hydrogens (tertiary/aromatic N) is 3. The first-order chi connectivity index (χ1) is 11.6. The van der Waals surface area contributed by atoms with Crippen LogP contribution >= 0.6 is 0 Å². The number of benzene rings is 1. The van der Waals surface area contributed by atoms with Crippen molar-refractivity contribution >= 4 is 23.0 Å². The molecule has 2 aromatic heterocycles. The summed E-state index contributed by atoms with van der Waals surface area (Å²) in [6.07, 6.45) is 1.63. The number of hydrogen-bond acceptors (Lipinski definition) is 5. The van der Waals surface area contributed by atoms with Crippen LogP contribution in [0.4, 0.5) is 17.1 Å². The van der Waals surface area contributed by atoms with Gasteiger partial charge in [-0.1, -0.05) is 6.07 Å². The molecule has 0 aliphatic carbocycles. The number of azo groups is 1. The van der Waals surface area contributed by atoms with E-state index in [9.17, 15) is 9.59 Å². The number of nitrogens with one attached hydrogen (secondary N) is 3. The van der Waals surface area contributed by atoms with E-state index >= 15 is 0 Å². The average Bonchev–Trinajstić information content (AvgIpc) is 2.95. The standard InChI is InChI=1S/C16H14N6O2/c1-10(23)18-11-5-7-12(8-6-11)19-21-15-14(20-22-16(15)24)13-4-2-3-9-17-13/h2-9H,1H3,(H,18,23)(H2,20,22,24). The van der Waals surface area contributed by atoms with Crippen LogP contribution in [0, 0.1) is 0 Å². The van der Waals surface area contributed by atoms with Crippen LogP contribution in [0.15, 0.2) is 63.7 Å². The Morgan fingerprint density at radius 3 is 2.54 bits per heavy atom. The highest BCUT2D eigenvalue weighted by Crippen LogP contribution is 2.25. The second-order valence-electron chi connectivity index (χ2n) is 4.95. The highest BCUT2D eigenvalue weighted by Gasteiger charge is 2.12. The number of carbonyl (C=O) groups excluding carboxylic acids is 1. The third-order valence-corrected chi connectivity index (χ3v) is 3.13. The van der Waals surface area contributed by atoms with Gasteiger partial charge in [0.15, 0.2) is 5.69 Å². The van der Waals surface area contributed by atoms with Crippen LogP contribution in [0.25, 0.3) is 11.4 Å². The van der Waals surface area contributed by atoms with Crippen molar-refractivity contribution in [1.29, 1.82) is 0 Å². The van der Waals surface area contributed by atoms with E-state index in [0.717, 1.165) is 0 Å². The lowest BCUT2D eigenvalue weighted by Gasteiger charge is -2.01. The Labute approximate surface area is 136 Å². The first-order valence-corrected chi connectivity index (χ1v) is 7.15. The van der Waals surface area contributed by atoms with Gasteiger partial charge in [-0.05, 0) is 36.4 Å². The molecule has 0 spiro atoms. The van der Waals surface area contributed by atoms with E-state index in [1.54, 1.807) is 42.6 Å². The van der Waals surface area contributed by atoms with Crippen LogP contribution < -0.4 is 10.9 Å². The lowest BCUT2D eigenvalue weighted by molar-refractivity contribution is -0.114. The molecule has 24 heavy (non-hydrogen) atoms. The Morgan fingerprint density at radius 1 is 1.08 bits per heavy atom. The molecule has 1 amide bonds. The molecule has 0 aliphatic rings. The van der Waals surface area contributed by atoms with E-state index in [1.165, 1.54) is 6.92 Å². The summed E-state index contributed by atoms with van der Waals surface area (Å²) in [4.78, 5) is 27.1. The number of pyridine rings is 1. The topological polar surface area (TPSA) is 115 Å². The van der Waals surface area contributed by atoms with Crippen molar-refractivity contribution < 1.29 is 4.79 Å². The molecular weight excluding hydrogens is 308 g/mol. The summed E-state index contributed by atoms with van der Waals surface area (Å²) in [5.41, 5.74) is 2.05. The number of carbonyl (C=O) groups is 1. The lowest BCUT2D eigenvalue weighted by Crippen LogP contribution is -2.04. The molecule has 8 heteroatoms. The first kappa shape index (κ1) is 15.3. The molecule has 3 rings (SSSR count). The van der Waals surface area contributed by atoms with Gasteiger partial charge in [0, 0.05) is 18.8 Å². The Hall–Kier alpha value is -3.55. The fourth-order valence-electron chi connectivity index (χ4n) is 2.07. The predicted octanol–water partition coefficient (Wildman–Crippen LogP) is 3.14. The van der Waals surface area contributed by atoms with E-state index in [4.69, 9.17) is 0 Å². The van der Waals surface area contributed by atoms with E-state index in [0.29, 0.717) is 22.8 Å². The minimum absolute atomic E-state index is 0.150. The highest BCUT2D eigenvalue weighted by atomic mass is 16.1. The molecule has 120 valence electrons. The maximum atomic E-state index is 11.9. The van der Waals surface area contributed by atoms with E-state index in [-0.39, 0.29) is 17.2 Å². The molecule has 0 saturated carbocycles. The second kappa shape index (κ2) is 6.69. The fourth-order valence-corrected chi connectivity index (χ4v) is 2.07. The summed E-state index contributed by atoms with van der Waals surface area (Å²) >= 11 is 0. The summed E-state index contributed by atoms with van der Waals surface area (Å²) in [7, 11) is 0. The molecule has 0 aliphatic heterocycles. The summed E-state index contributed by atoms with van der Waals surface area (Å²) in [5, 5.41) is 16.0. The van der Waals surface area contributed by atoms with Gasteiger partial charge in [0.2, 0.25) is 5.91 Å². The Kier molecular flexibility index (Phi) is 4.28. The van der Waals surface area contributed by atoms with Gasteiger partial charge in [0.05, 0.1) is 11.4 Å². The molecule has 3 aromatic rings. The zero-order valence-electron chi connectivity index (χ0n) is 12.8. The maximum absolute atomic E-state index is 11.9. The summed E-state index contributed by atoms with van der Waals surface area (Å²) in [5.74, 6) is -0.150. The monoisotopic (exact) mass is 322 g/mol. The number of rotatable bonds is 4. The molecule has 0 radical (unpaired) electrons. The van der Waals surface area contributed by atoms with Gasteiger partial charge >= 0.3 is 0 Å². The van der Waals surface area contributed by atoms with E-state index in [1.807, 2.05) is 6.07 Å². The minimum Gasteiger partial charge on any atom is -0.326 e. The smallest absolute Gasteiger partial charge is 0.292 e. The van der Waals surface area contributed by atoms with Gasteiger partial charge in [0.1, 0.15) is 5.69 Å². The van der Waals surface area contributed by atoms with Gasteiger partial charge in [-0.2, -0.15) is 5.11 Å². The third-order valence-electron chi connectivity index (χ3n) is 3.13. The number of aromatic nitrogens is 3. The molecule has 1 aromatic carbocycles. The van der Waals surface area contributed by atoms with Crippen molar-refractivity contribution in [3.8, 4) is 11.4 Å². The zero-order chi connectivity index (χ0) is 16.9. The van der Waals surface area contributed by atoms with Crippen LogP contribution in [0.3, 0.4) is 0 Å². The molecule has 3 N–H and O–H groups in total. The van der Waals surface area contributed by atoms with E-state index in [2.05, 4.69) is 30.7 Å². The average molecular weight is 322 g/mol. The van der Waals surface area contributed by atoms with Crippen LogP contribution in [0.2, 0.25) is 0 Å². The molecule has 0 bridgehead atoms. The van der Waals surface area contributed by atoms with Crippen molar-refractivity contribution in [1.82, 2.24) is 15.2 Å². The number of amides is 1. The number of aromatic amines is 2. The van der Waals surface area contributed by atoms with Crippen molar-refractivity contribution in [3.05, 3.63) is 59.0 Å². The molecule has 0 unspecified atom stereocenters. The quantitative estimate of drug-likeness (QED) is 0.641. The van der Waals surface area contributed by atoms with E-state index < -0.39 is 0 Å². The normalized spacial score (nSPS) is 10.9. The zero-order valence-corrected chi connectivity index (χ0v) is 12.8. The van der Waals surface area contributed by atoms with Crippen molar-refractivity contribution in [3.63, 3.8) is 0 Å². The van der Waals surface area contributed by atoms with Crippen LogP contribution in [0.1, 0.15) is 6.92 Å². The van der Waals surface area contributed by atoms with Crippen molar-refractivity contribution in [2.75, 3.05) is 5.32 Å².